The molecule has 0 aliphatic carbocycles. The summed E-state index contributed by atoms with van der Waals surface area (Å²) in [5.41, 5.74) is 8.11. The van der Waals surface area contributed by atoms with Crippen LogP contribution < -0.4 is 10.6 Å². The van der Waals surface area contributed by atoms with Crippen LogP contribution in [0.1, 0.15) is 25.5 Å². The minimum atomic E-state index is 0.00884. The summed E-state index contributed by atoms with van der Waals surface area (Å²) >= 11 is 0. The fourth-order valence-corrected chi connectivity index (χ4v) is 1.55. The van der Waals surface area contributed by atoms with Gasteiger partial charge in [0, 0.05) is 24.8 Å². The van der Waals surface area contributed by atoms with Gasteiger partial charge in [-0.15, -0.1) is 0 Å². The van der Waals surface area contributed by atoms with Crippen molar-refractivity contribution in [3.05, 3.63) is 29.8 Å². The molecule has 0 bridgehead atoms. The van der Waals surface area contributed by atoms with Crippen LogP contribution in [-0.2, 0) is 0 Å². The third kappa shape index (κ3) is 2.70. The second-order valence-corrected chi connectivity index (χ2v) is 3.99. The fraction of sp³-hybridized carbons (Fsp3) is 0.500. The summed E-state index contributed by atoms with van der Waals surface area (Å²) in [6, 6.07) is 8.15. The number of rotatable bonds is 4. The first-order chi connectivity index (χ1) is 7.07. The molecule has 0 radical (unpaired) electrons. The largest absolute Gasteiger partial charge is 0.394 e. The van der Waals surface area contributed by atoms with E-state index in [1.54, 1.807) is 0 Å². The number of likely N-dealkylation sites (N-methyl/N-ethyl adjacent to an activating group) is 1. The summed E-state index contributed by atoms with van der Waals surface area (Å²) in [6.07, 6.45) is 0. The molecule has 2 unspecified atom stereocenters. The molecule has 1 aromatic rings. The summed E-state index contributed by atoms with van der Waals surface area (Å²) in [7, 11) is 1.97. The quantitative estimate of drug-likeness (QED) is 0.788. The van der Waals surface area contributed by atoms with Gasteiger partial charge >= 0.3 is 0 Å². The fourth-order valence-electron chi connectivity index (χ4n) is 1.55. The van der Waals surface area contributed by atoms with E-state index in [-0.39, 0.29) is 18.7 Å². The lowest BCUT2D eigenvalue weighted by Crippen LogP contribution is -2.33. The summed E-state index contributed by atoms with van der Waals surface area (Å²) in [6.45, 7) is 4.10. The van der Waals surface area contributed by atoms with Crippen LogP contribution in [0.15, 0.2) is 24.3 Å². The molecule has 3 heteroatoms. The van der Waals surface area contributed by atoms with Crippen molar-refractivity contribution in [3.8, 4) is 0 Å². The van der Waals surface area contributed by atoms with Gasteiger partial charge in [0.1, 0.15) is 0 Å². The van der Waals surface area contributed by atoms with E-state index in [9.17, 15) is 0 Å². The molecule has 0 aliphatic rings. The Morgan fingerprint density at radius 3 is 2.47 bits per heavy atom. The standard InChI is InChI=1S/C12H20N2O/c1-9(8-15)14(3)12-7-5-4-6-11(12)10(2)13/h4-7,9-10,15H,8,13H2,1-3H3. The highest BCUT2D eigenvalue weighted by atomic mass is 16.3. The van der Waals surface area contributed by atoms with Gasteiger partial charge in [-0.1, -0.05) is 18.2 Å². The predicted molar refractivity (Wildman–Crippen MR) is 64.0 cm³/mol. The number of hydrogen-bond acceptors (Lipinski definition) is 3. The van der Waals surface area contributed by atoms with E-state index in [2.05, 4.69) is 4.90 Å². The topological polar surface area (TPSA) is 49.5 Å². The van der Waals surface area contributed by atoms with Crippen molar-refractivity contribution in [2.24, 2.45) is 5.73 Å². The summed E-state index contributed by atoms with van der Waals surface area (Å²) in [5.74, 6) is 0. The van der Waals surface area contributed by atoms with Crippen LogP contribution in [0.5, 0.6) is 0 Å². The van der Waals surface area contributed by atoms with Crippen LogP contribution in [0.2, 0.25) is 0 Å². The molecular formula is C12H20N2O. The Bertz CT molecular complexity index is 312. The number of para-hydroxylation sites is 1. The van der Waals surface area contributed by atoms with Gasteiger partial charge < -0.3 is 15.7 Å². The smallest absolute Gasteiger partial charge is 0.0632 e. The third-order valence-electron chi connectivity index (χ3n) is 2.73. The molecule has 0 heterocycles. The van der Waals surface area contributed by atoms with Crippen molar-refractivity contribution in [1.82, 2.24) is 0 Å². The van der Waals surface area contributed by atoms with Gasteiger partial charge in [0.05, 0.1) is 6.61 Å². The zero-order valence-corrected chi connectivity index (χ0v) is 9.64. The Kier molecular flexibility index (Phi) is 4.12. The first-order valence-electron chi connectivity index (χ1n) is 5.26. The Morgan fingerprint density at radius 2 is 1.93 bits per heavy atom. The third-order valence-corrected chi connectivity index (χ3v) is 2.73. The van der Waals surface area contributed by atoms with Gasteiger partial charge in [-0.3, -0.25) is 0 Å². The van der Waals surface area contributed by atoms with Gasteiger partial charge in [0.25, 0.3) is 0 Å². The number of aliphatic hydroxyl groups excluding tert-OH is 1. The highest BCUT2D eigenvalue weighted by Gasteiger charge is 2.13. The Balaban J connectivity index is 3.02. The zero-order chi connectivity index (χ0) is 11.4. The van der Waals surface area contributed by atoms with Crippen LogP contribution >= 0.6 is 0 Å². The number of aliphatic hydroxyl groups is 1. The lowest BCUT2D eigenvalue weighted by atomic mass is 10.1. The molecule has 2 atom stereocenters. The maximum atomic E-state index is 9.12. The molecule has 0 saturated heterocycles. The number of nitrogens with zero attached hydrogens (tertiary/aromatic N) is 1. The SMILES string of the molecule is CC(N)c1ccccc1N(C)C(C)CO. The molecule has 15 heavy (non-hydrogen) atoms. The summed E-state index contributed by atoms with van der Waals surface area (Å²) < 4.78 is 0. The van der Waals surface area contributed by atoms with Crippen molar-refractivity contribution in [1.29, 1.82) is 0 Å². The molecule has 0 fully saturated rings. The molecule has 0 saturated carbocycles. The molecule has 84 valence electrons. The highest BCUT2D eigenvalue weighted by Crippen LogP contribution is 2.25. The lowest BCUT2D eigenvalue weighted by molar-refractivity contribution is 0.270. The van der Waals surface area contributed by atoms with Crippen LogP contribution in [0.4, 0.5) is 5.69 Å². The molecule has 3 nitrogen and oxygen atoms in total. The molecule has 0 spiro atoms. The minimum absolute atomic E-state index is 0.00884. The van der Waals surface area contributed by atoms with Gasteiger partial charge in [-0.05, 0) is 25.5 Å². The van der Waals surface area contributed by atoms with Crippen LogP contribution in [0.3, 0.4) is 0 Å². The van der Waals surface area contributed by atoms with Crippen LogP contribution in [-0.4, -0.2) is 24.8 Å². The lowest BCUT2D eigenvalue weighted by Gasteiger charge is -2.28. The van der Waals surface area contributed by atoms with E-state index in [0.717, 1.165) is 11.3 Å². The molecule has 0 aromatic heterocycles. The predicted octanol–water partition coefficient (Wildman–Crippen LogP) is 1.52. The summed E-state index contributed by atoms with van der Waals surface area (Å²) in [5, 5.41) is 9.12. The number of anilines is 1. The van der Waals surface area contributed by atoms with E-state index in [1.165, 1.54) is 0 Å². The number of nitrogens with two attached hydrogens (primary N) is 1. The molecule has 0 aliphatic heterocycles. The van der Waals surface area contributed by atoms with Crippen LogP contribution in [0, 0.1) is 0 Å². The average Bonchev–Trinajstić information content (AvgIpc) is 2.27. The Hall–Kier alpha value is -1.06. The maximum absolute atomic E-state index is 9.12. The van der Waals surface area contributed by atoms with E-state index < -0.39 is 0 Å². The van der Waals surface area contributed by atoms with E-state index in [1.807, 2.05) is 45.2 Å². The Morgan fingerprint density at radius 1 is 1.33 bits per heavy atom. The van der Waals surface area contributed by atoms with Crippen molar-refractivity contribution in [2.75, 3.05) is 18.6 Å². The van der Waals surface area contributed by atoms with E-state index in [0.29, 0.717) is 0 Å². The normalized spacial score (nSPS) is 14.7. The van der Waals surface area contributed by atoms with E-state index in [4.69, 9.17) is 10.8 Å². The van der Waals surface area contributed by atoms with Crippen LogP contribution in [0.25, 0.3) is 0 Å². The summed E-state index contributed by atoms with van der Waals surface area (Å²) in [4.78, 5) is 2.05. The molecule has 1 rings (SSSR count). The van der Waals surface area contributed by atoms with Gasteiger partial charge in [0.2, 0.25) is 0 Å². The average molecular weight is 208 g/mol. The second kappa shape index (κ2) is 5.14. The van der Waals surface area contributed by atoms with Crippen molar-refractivity contribution in [3.63, 3.8) is 0 Å². The number of benzene rings is 1. The first-order valence-corrected chi connectivity index (χ1v) is 5.26. The highest BCUT2D eigenvalue weighted by molar-refractivity contribution is 5.54. The minimum Gasteiger partial charge on any atom is -0.394 e. The van der Waals surface area contributed by atoms with Gasteiger partial charge in [-0.2, -0.15) is 0 Å². The van der Waals surface area contributed by atoms with Crippen molar-refractivity contribution < 1.29 is 5.11 Å². The molecule has 0 amide bonds. The van der Waals surface area contributed by atoms with Crippen molar-refractivity contribution in [2.45, 2.75) is 25.9 Å². The Labute approximate surface area is 91.5 Å². The van der Waals surface area contributed by atoms with Gasteiger partial charge in [-0.25, -0.2) is 0 Å². The zero-order valence-electron chi connectivity index (χ0n) is 9.64. The van der Waals surface area contributed by atoms with Crippen molar-refractivity contribution >= 4 is 5.69 Å². The molecule has 1 aromatic carbocycles. The van der Waals surface area contributed by atoms with Gasteiger partial charge in [0.15, 0.2) is 0 Å². The molecular weight excluding hydrogens is 188 g/mol. The van der Waals surface area contributed by atoms with E-state index >= 15 is 0 Å². The first kappa shape index (κ1) is 12.0. The number of hydrogen-bond donors (Lipinski definition) is 2. The molecule has 3 N–H and O–H groups in total. The maximum Gasteiger partial charge on any atom is 0.0632 e. The second-order valence-electron chi connectivity index (χ2n) is 3.99. The monoisotopic (exact) mass is 208 g/mol.